The van der Waals surface area contributed by atoms with Crippen LogP contribution >= 0.6 is 0 Å². The van der Waals surface area contributed by atoms with Gasteiger partial charge in [0.05, 0.1) is 6.42 Å². The number of aryl methyl sites for hydroxylation is 1. The number of hydrogen-bond donors (Lipinski definition) is 1. The molecule has 0 aliphatic heterocycles. The molecule has 14 heavy (non-hydrogen) atoms. The zero-order valence-electron chi connectivity index (χ0n) is 8.02. The van der Waals surface area contributed by atoms with Crippen LogP contribution in [0.3, 0.4) is 0 Å². The van der Waals surface area contributed by atoms with E-state index in [1.807, 2.05) is 6.20 Å². The maximum Gasteiger partial charge on any atom is 0.303 e. The van der Waals surface area contributed by atoms with Gasteiger partial charge in [0.2, 0.25) is 0 Å². The van der Waals surface area contributed by atoms with Gasteiger partial charge in [-0.2, -0.15) is 0 Å². The smallest absolute Gasteiger partial charge is 0.303 e. The molecule has 0 unspecified atom stereocenters. The third-order valence-electron chi connectivity index (χ3n) is 2.78. The molecule has 2 rings (SSSR count). The Morgan fingerprint density at radius 3 is 3.00 bits per heavy atom. The second-order valence-electron chi connectivity index (χ2n) is 3.73. The Hall–Kier alpha value is -1.32. The average Bonchev–Trinajstić information content (AvgIpc) is 2.46. The third-order valence-corrected chi connectivity index (χ3v) is 2.78. The number of aromatic nitrogens is 2. The maximum absolute atomic E-state index is 10.4. The van der Waals surface area contributed by atoms with Gasteiger partial charge in [-0.1, -0.05) is 0 Å². The van der Waals surface area contributed by atoms with Crippen molar-refractivity contribution >= 4 is 5.97 Å². The van der Waals surface area contributed by atoms with Crippen molar-refractivity contribution in [1.29, 1.82) is 0 Å². The average molecular weight is 194 g/mol. The Kier molecular flexibility index (Phi) is 2.52. The fraction of sp³-hybridized carbons (Fsp3) is 0.600. The summed E-state index contributed by atoms with van der Waals surface area (Å²) in [4.78, 5) is 14.6. The number of hydrogen-bond acceptors (Lipinski definition) is 2. The van der Waals surface area contributed by atoms with Crippen LogP contribution in [0.5, 0.6) is 0 Å². The molecule has 0 radical (unpaired) electrons. The summed E-state index contributed by atoms with van der Waals surface area (Å²) in [5.74, 6) is 0.158. The van der Waals surface area contributed by atoms with Crippen LogP contribution in [0.25, 0.3) is 0 Å². The predicted octanol–water partition coefficient (Wildman–Crippen LogP) is 1.63. The minimum absolute atomic E-state index is 0.170. The molecule has 76 valence electrons. The van der Waals surface area contributed by atoms with Crippen LogP contribution in [0.1, 0.15) is 37.5 Å². The van der Waals surface area contributed by atoms with Crippen molar-refractivity contribution in [3.8, 4) is 0 Å². The Labute approximate surface area is 82.6 Å². The molecule has 1 aromatic heterocycles. The van der Waals surface area contributed by atoms with E-state index in [2.05, 4.69) is 9.55 Å². The number of carboxylic acids is 1. The first-order valence-corrected chi connectivity index (χ1v) is 5.01. The molecule has 0 amide bonds. The first-order chi connectivity index (χ1) is 6.77. The largest absolute Gasteiger partial charge is 0.481 e. The van der Waals surface area contributed by atoms with Crippen LogP contribution in [0.15, 0.2) is 12.4 Å². The summed E-state index contributed by atoms with van der Waals surface area (Å²) in [6, 6.07) is 0.571. The van der Waals surface area contributed by atoms with E-state index in [4.69, 9.17) is 5.11 Å². The molecule has 1 aromatic rings. The predicted molar refractivity (Wildman–Crippen MR) is 51.1 cm³/mol. The molecule has 4 heteroatoms. The molecule has 4 nitrogen and oxygen atoms in total. The van der Waals surface area contributed by atoms with Gasteiger partial charge in [-0.25, -0.2) is 4.98 Å². The SMILES string of the molecule is O=C(O)CCc1nccn1C1CCC1. The fourth-order valence-corrected chi connectivity index (χ4v) is 1.75. The Morgan fingerprint density at radius 1 is 1.64 bits per heavy atom. The molecule has 0 atom stereocenters. The van der Waals surface area contributed by atoms with Gasteiger partial charge >= 0.3 is 5.97 Å². The van der Waals surface area contributed by atoms with Gasteiger partial charge < -0.3 is 9.67 Å². The minimum Gasteiger partial charge on any atom is -0.481 e. The molecule has 0 aromatic carbocycles. The molecule has 0 spiro atoms. The van der Waals surface area contributed by atoms with Crippen LogP contribution < -0.4 is 0 Å². The van der Waals surface area contributed by atoms with Crippen LogP contribution in [0.2, 0.25) is 0 Å². The molecule has 1 aliphatic carbocycles. The lowest BCUT2D eigenvalue weighted by Crippen LogP contribution is -2.19. The topological polar surface area (TPSA) is 55.1 Å². The monoisotopic (exact) mass is 194 g/mol. The van der Waals surface area contributed by atoms with Crippen molar-refractivity contribution in [3.63, 3.8) is 0 Å². The van der Waals surface area contributed by atoms with Crippen LogP contribution in [0.4, 0.5) is 0 Å². The minimum atomic E-state index is -0.756. The number of rotatable bonds is 4. The second kappa shape index (κ2) is 3.82. The molecular formula is C10H14N2O2. The highest BCUT2D eigenvalue weighted by atomic mass is 16.4. The Balaban J connectivity index is 2.01. The van der Waals surface area contributed by atoms with E-state index in [-0.39, 0.29) is 6.42 Å². The van der Waals surface area contributed by atoms with E-state index in [0.29, 0.717) is 12.5 Å². The van der Waals surface area contributed by atoms with Crippen molar-refractivity contribution in [1.82, 2.24) is 9.55 Å². The summed E-state index contributed by atoms with van der Waals surface area (Å²) >= 11 is 0. The lowest BCUT2D eigenvalue weighted by molar-refractivity contribution is -0.137. The van der Waals surface area contributed by atoms with Gasteiger partial charge in [-0.05, 0) is 19.3 Å². The number of nitrogens with zero attached hydrogens (tertiary/aromatic N) is 2. The number of imidazole rings is 1. The highest BCUT2D eigenvalue weighted by molar-refractivity contribution is 5.66. The Morgan fingerprint density at radius 2 is 2.43 bits per heavy atom. The normalized spacial score (nSPS) is 16.6. The molecule has 1 heterocycles. The third kappa shape index (κ3) is 1.78. The summed E-state index contributed by atoms with van der Waals surface area (Å²) in [5, 5.41) is 8.58. The maximum atomic E-state index is 10.4. The fourth-order valence-electron chi connectivity index (χ4n) is 1.75. The quantitative estimate of drug-likeness (QED) is 0.792. The second-order valence-corrected chi connectivity index (χ2v) is 3.73. The lowest BCUT2D eigenvalue weighted by Gasteiger charge is -2.28. The highest BCUT2D eigenvalue weighted by Gasteiger charge is 2.21. The molecule has 0 bridgehead atoms. The van der Waals surface area contributed by atoms with E-state index in [1.165, 1.54) is 19.3 Å². The van der Waals surface area contributed by atoms with E-state index >= 15 is 0 Å². The zero-order valence-corrected chi connectivity index (χ0v) is 8.02. The van der Waals surface area contributed by atoms with Crippen LogP contribution in [-0.4, -0.2) is 20.6 Å². The van der Waals surface area contributed by atoms with Crippen molar-refractivity contribution in [2.45, 2.75) is 38.1 Å². The number of carboxylic acid groups (broad SMARTS) is 1. The number of aliphatic carboxylic acids is 1. The standard InChI is InChI=1S/C10H14N2O2/c13-10(14)5-4-9-11-6-7-12(9)8-2-1-3-8/h6-8H,1-5H2,(H,13,14). The van der Waals surface area contributed by atoms with Crippen LogP contribution in [0, 0.1) is 0 Å². The van der Waals surface area contributed by atoms with E-state index in [1.54, 1.807) is 6.20 Å². The van der Waals surface area contributed by atoms with Crippen molar-refractivity contribution in [2.75, 3.05) is 0 Å². The van der Waals surface area contributed by atoms with Gasteiger partial charge in [0.15, 0.2) is 0 Å². The summed E-state index contributed by atoms with van der Waals surface area (Å²) in [6.45, 7) is 0. The van der Waals surface area contributed by atoms with Gasteiger partial charge in [-0.15, -0.1) is 0 Å². The van der Waals surface area contributed by atoms with E-state index < -0.39 is 5.97 Å². The van der Waals surface area contributed by atoms with Crippen molar-refractivity contribution in [3.05, 3.63) is 18.2 Å². The van der Waals surface area contributed by atoms with Gasteiger partial charge in [-0.3, -0.25) is 4.79 Å². The van der Waals surface area contributed by atoms with Crippen LogP contribution in [-0.2, 0) is 11.2 Å². The van der Waals surface area contributed by atoms with Gasteiger partial charge in [0.25, 0.3) is 0 Å². The summed E-state index contributed by atoms with van der Waals surface area (Å²) in [6.07, 6.45) is 8.12. The molecule has 1 aliphatic rings. The molecular weight excluding hydrogens is 180 g/mol. The molecule has 1 fully saturated rings. The molecule has 1 N–H and O–H groups in total. The van der Waals surface area contributed by atoms with Gasteiger partial charge in [0, 0.05) is 24.9 Å². The molecule has 0 saturated heterocycles. The first kappa shape index (κ1) is 9.24. The number of carbonyl (C=O) groups is 1. The van der Waals surface area contributed by atoms with Gasteiger partial charge in [0.1, 0.15) is 5.82 Å². The Bertz CT molecular complexity index is 329. The lowest BCUT2D eigenvalue weighted by atomic mass is 9.93. The van der Waals surface area contributed by atoms with Crippen molar-refractivity contribution < 1.29 is 9.90 Å². The summed E-state index contributed by atoms with van der Waals surface area (Å²) in [5.41, 5.74) is 0. The zero-order chi connectivity index (χ0) is 9.97. The highest BCUT2D eigenvalue weighted by Crippen LogP contribution is 2.32. The van der Waals surface area contributed by atoms with Crippen molar-refractivity contribution in [2.24, 2.45) is 0 Å². The summed E-state index contributed by atoms with van der Waals surface area (Å²) < 4.78 is 2.13. The summed E-state index contributed by atoms with van der Waals surface area (Å²) in [7, 11) is 0. The van der Waals surface area contributed by atoms with E-state index in [0.717, 1.165) is 5.82 Å². The first-order valence-electron chi connectivity index (χ1n) is 5.01. The molecule has 1 saturated carbocycles. The van der Waals surface area contributed by atoms with E-state index in [9.17, 15) is 4.79 Å².